The lowest BCUT2D eigenvalue weighted by molar-refractivity contribution is 0.598. The molecule has 0 saturated heterocycles. The molecule has 0 aromatic rings. The molecule has 2 rings (SSSR count). The van der Waals surface area contributed by atoms with Gasteiger partial charge in [-0.2, -0.15) is 0 Å². The predicted octanol–water partition coefficient (Wildman–Crippen LogP) is 2.06. The summed E-state index contributed by atoms with van der Waals surface area (Å²) in [5.41, 5.74) is 1.48. The highest BCUT2D eigenvalue weighted by atomic mass is 14.8. The first-order valence-electron chi connectivity index (χ1n) is 4.78. The van der Waals surface area contributed by atoms with Gasteiger partial charge in [0.2, 0.25) is 0 Å². The summed E-state index contributed by atoms with van der Waals surface area (Å²) in [5.74, 6) is 1.17. The van der Waals surface area contributed by atoms with Crippen LogP contribution in [0, 0.1) is 11.8 Å². The fourth-order valence-corrected chi connectivity index (χ4v) is 1.98. The van der Waals surface area contributed by atoms with Gasteiger partial charge in [0, 0.05) is 18.4 Å². The van der Waals surface area contributed by atoms with Crippen LogP contribution in [0.2, 0.25) is 0 Å². The molecule has 0 radical (unpaired) electrons. The maximum atomic E-state index is 3.21. The van der Waals surface area contributed by atoms with Crippen molar-refractivity contribution >= 4 is 0 Å². The minimum atomic E-state index is 0.582. The van der Waals surface area contributed by atoms with Gasteiger partial charge >= 0.3 is 0 Å². The van der Waals surface area contributed by atoms with Gasteiger partial charge in [0.25, 0.3) is 0 Å². The minimum Gasteiger partial charge on any atom is -0.316 e. The Labute approximate surface area is 79.5 Å². The molecule has 0 aliphatic heterocycles. The average Bonchev–Trinajstić information content (AvgIpc) is 2.19. The maximum absolute atomic E-state index is 3.21. The Hall–Kier alpha value is -1.08. The van der Waals surface area contributed by atoms with Gasteiger partial charge in [-0.05, 0) is 12.6 Å². The van der Waals surface area contributed by atoms with Gasteiger partial charge in [0.05, 0.1) is 0 Å². The number of rotatable bonds is 2. The van der Waals surface area contributed by atoms with Gasteiger partial charge in [0.15, 0.2) is 0 Å². The number of hydrogen-bond donors (Lipinski definition) is 1. The van der Waals surface area contributed by atoms with E-state index in [4.69, 9.17) is 0 Å². The number of likely N-dealkylation sites (N-methyl/N-ethyl adjacent to an activating group) is 1. The molecule has 0 spiro atoms. The van der Waals surface area contributed by atoms with Crippen molar-refractivity contribution in [2.45, 2.75) is 0 Å². The zero-order valence-corrected chi connectivity index (χ0v) is 7.90. The van der Waals surface area contributed by atoms with E-state index in [0.29, 0.717) is 11.8 Å². The number of nitrogens with one attached hydrogen (secondary N) is 1. The highest BCUT2D eigenvalue weighted by Gasteiger charge is 2.21. The molecule has 0 fully saturated rings. The topological polar surface area (TPSA) is 12.0 Å². The maximum Gasteiger partial charge on any atom is 0.0171 e. The first kappa shape index (κ1) is 8.52. The van der Waals surface area contributed by atoms with E-state index in [0.717, 1.165) is 6.54 Å². The van der Waals surface area contributed by atoms with Gasteiger partial charge in [0.1, 0.15) is 0 Å². The van der Waals surface area contributed by atoms with E-state index in [1.807, 2.05) is 7.05 Å². The predicted molar refractivity (Wildman–Crippen MR) is 56.4 cm³/mol. The van der Waals surface area contributed by atoms with Gasteiger partial charge in [-0.15, -0.1) is 0 Å². The van der Waals surface area contributed by atoms with E-state index in [-0.39, 0.29) is 0 Å². The van der Waals surface area contributed by atoms with Crippen LogP contribution in [0.15, 0.2) is 48.1 Å². The van der Waals surface area contributed by atoms with Crippen molar-refractivity contribution in [3.8, 4) is 0 Å². The van der Waals surface area contributed by atoms with Crippen molar-refractivity contribution in [1.29, 1.82) is 0 Å². The van der Waals surface area contributed by atoms with Crippen molar-refractivity contribution in [1.82, 2.24) is 5.32 Å². The molecular formula is C12H15N. The van der Waals surface area contributed by atoms with Crippen LogP contribution in [0.3, 0.4) is 0 Å². The van der Waals surface area contributed by atoms with Crippen LogP contribution in [-0.4, -0.2) is 13.6 Å². The van der Waals surface area contributed by atoms with Crippen molar-refractivity contribution in [3.63, 3.8) is 0 Å². The van der Waals surface area contributed by atoms with Crippen LogP contribution in [0.5, 0.6) is 0 Å². The van der Waals surface area contributed by atoms with Crippen molar-refractivity contribution in [3.05, 3.63) is 48.1 Å². The zero-order chi connectivity index (χ0) is 9.10. The summed E-state index contributed by atoms with van der Waals surface area (Å²) in [7, 11) is 2.00. The van der Waals surface area contributed by atoms with E-state index in [1.165, 1.54) is 5.57 Å². The molecule has 0 saturated carbocycles. The summed E-state index contributed by atoms with van der Waals surface area (Å²) >= 11 is 0. The van der Waals surface area contributed by atoms with Crippen LogP contribution in [0.25, 0.3) is 0 Å². The van der Waals surface area contributed by atoms with Gasteiger partial charge in [-0.1, -0.05) is 42.5 Å². The molecule has 1 N–H and O–H groups in total. The third-order valence-electron chi connectivity index (χ3n) is 2.63. The highest BCUT2D eigenvalue weighted by Crippen LogP contribution is 2.30. The van der Waals surface area contributed by atoms with E-state index >= 15 is 0 Å². The lowest BCUT2D eigenvalue weighted by atomic mass is 9.79. The number of allylic oxidation sites excluding steroid dienone is 7. The lowest BCUT2D eigenvalue weighted by Crippen LogP contribution is -2.22. The van der Waals surface area contributed by atoms with E-state index in [9.17, 15) is 0 Å². The summed E-state index contributed by atoms with van der Waals surface area (Å²) in [5, 5.41) is 3.21. The Morgan fingerprint density at radius 2 is 1.92 bits per heavy atom. The molecule has 0 heterocycles. The fourth-order valence-electron chi connectivity index (χ4n) is 1.98. The summed E-state index contributed by atoms with van der Waals surface area (Å²) in [4.78, 5) is 0. The van der Waals surface area contributed by atoms with Crippen LogP contribution in [0.4, 0.5) is 0 Å². The average molecular weight is 173 g/mol. The highest BCUT2D eigenvalue weighted by molar-refractivity contribution is 5.34. The molecule has 0 aromatic heterocycles. The molecule has 0 bridgehead atoms. The Morgan fingerprint density at radius 1 is 1.15 bits per heavy atom. The Bertz CT molecular complexity index is 294. The number of fused-ring (bicyclic) bond motifs is 1. The van der Waals surface area contributed by atoms with E-state index in [1.54, 1.807) is 0 Å². The van der Waals surface area contributed by atoms with Crippen LogP contribution < -0.4 is 5.32 Å². The molecule has 2 unspecified atom stereocenters. The zero-order valence-electron chi connectivity index (χ0n) is 7.90. The van der Waals surface area contributed by atoms with Crippen LogP contribution in [0.1, 0.15) is 0 Å². The SMILES string of the molecule is CNCC1=CC=CC2C=CC=CC12. The standard InChI is InChI=1S/C12H15N/c1-13-9-11-7-4-6-10-5-2-3-8-12(10)11/h2-8,10,12-13H,9H2,1H3. The second-order valence-electron chi connectivity index (χ2n) is 3.53. The third kappa shape index (κ3) is 1.65. The summed E-state index contributed by atoms with van der Waals surface area (Å²) in [6, 6.07) is 0. The van der Waals surface area contributed by atoms with Crippen molar-refractivity contribution in [2.75, 3.05) is 13.6 Å². The molecule has 1 heteroatoms. The first-order valence-corrected chi connectivity index (χ1v) is 4.78. The van der Waals surface area contributed by atoms with Crippen molar-refractivity contribution < 1.29 is 0 Å². The smallest absolute Gasteiger partial charge is 0.0171 e. The second kappa shape index (κ2) is 3.75. The quantitative estimate of drug-likeness (QED) is 0.674. The molecule has 2 aliphatic carbocycles. The Kier molecular flexibility index (Phi) is 2.46. The molecule has 1 nitrogen and oxygen atoms in total. The largest absolute Gasteiger partial charge is 0.316 e. The van der Waals surface area contributed by atoms with Crippen molar-refractivity contribution in [2.24, 2.45) is 11.8 Å². The fraction of sp³-hybridized carbons (Fsp3) is 0.333. The molecule has 0 amide bonds. The summed E-state index contributed by atoms with van der Waals surface area (Å²) in [6.45, 7) is 0.990. The molecule has 2 aliphatic rings. The molecule has 13 heavy (non-hydrogen) atoms. The normalized spacial score (nSPS) is 30.1. The lowest BCUT2D eigenvalue weighted by Gasteiger charge is -2.26. The van der Waals surface area contributed by atoms with E-state index in [2.05, 4.69) is 47.8 Å². The van der Waals surface area contributed by atoms with E-state index < -0.39 is 0 Å². The van der Waals surface area contributed by atoms with Gasteiger partial charge in [-0.25, -0.2) is 0 Å². The molecule has 2 atom stereocenters. The number of hydrogen-bond acceptors (Lipinski definition) is 1. The summed E-state index contributed by atoms with van der Waals surface area (Å²) < 4.78 is 0. The molecule has 0 aromatic carbocycles. The third-order valence-corrected chi connectivity index (χ3v) is 2.63. The van der Waals surface area contributed by atoms with Gasteiger partial charge < -0.3 is 5.32 Å². The molecular weight excluding hydrogens is 158 g/mol. The monoisotopic (exact) mass is 173 g/mol. The van der Waals surface area contributed by atoms with Crippen LogP contribution in [-0.2, 0) is 0 Å². The summed E-state index contributed by atoms with van der Waals surface area (Å²) in [6.07, 6.45) is 15.5. The Morgan fingerprint density at radius 3 is 2.77 bits per heavy atom. The Balaban J connectivity index is 2.19. The minimum absolute atomic E-state index is 0.582. The van der Waals surface area contributed by atoms with Crippen LogP contribution >= 0.6 is 0 Å². The first-order chi connectivity index (χ1) is 6.42. The van der Waals surface area contributed by atoms with Gasteiger partial charge in [-0.3, -0.25) is 0 Å². The second-order valence-corrected chi connectivity index (χ2v) is 3.53. The molecule has 68 valence electrons.